The van der Waals surface area contributed by atoms with Crippen LogP contribution in [0.1, 0.15) is 25.8 Å². The standard InChI is InChI=1S/C29H33F2N3O6S/c1-3-39-18-4-17-32-29(36)21(2)34(19-22-5-7-23(30)8-6-22)28(35)20-40-26-13-15-27(16-14-26)41(37,38)33-25-11-9-24(31)10-12-25/h5-16,21,33H,3-4,17-20H2,1-2H3,(H,32,36). The van der Waals surface area contributed by atoms with Crippen molar-refractivity contribution in [1.29, 1.82) is 0 Å². The highest BCUT2D eigenvalue weighted by atomic mass is 32.2. The summed E-state index contributed by atoms with van der Waals surface area (Å²) in [5.74, 6) is -1.55. The van der Waals surface area contributed by atoms with Crippen LogP contribution in [0.25, 0.3) is 0 Å². The smallest absolute Gasteiger partial charge is 0.261 e. The number of anilines is 1. The van der Waals surface area contributed by atoms with Gasteiger partial charge in [-0.15, -0.1) is 0 Å². The van der Waals surface area contributed by atoms with Crippen molar-refractivity contribution in [2.45, 2.75) is 37.8 Å². The summed E-state index contributed by atoms with van der Waals surface area (Å²) in [6.45, 7) is 4.54. The molecule has 0 aliphatic heterocycles. The Hall–Kier alpha value is -4.03. The number of nitrogens with one attached hydrogen (secondary N) is 2. The lowest BCUT2D eigenvalue weighted by atomic mass is 10.1. The third kappa shape index (κ3) is 9.83. The van der Waals surface area contributed by atoms with E-state index in [2.05, 4.69) is 10.0 Å². The molecule has 0 aliphatic rings. The number of nitrogens with zero attached hydrogens (tertiary/aromatic N) is 1. The molecule has 0 aliphatic carbocycles. The highest BCUT2D eigenvalue weighted by Gasteiger charge is 2.26. The van der Waals surface area contributed by atoms with Gasteiger partial charge in [0.05, 0.1) is 4.90 Å². The van der Waals surface area contributed by atoms with Crippen LogP contribution in [0.15, 0.2) is 77.7 Å². The average Bonchev–Trinajstić information content (AvgIpc) is 2.96. The van der Waals surface area contributed by atoms with E-state index >= 15 is 0 Å². The number of sulfonamides is 1. The minimum absolute atomic E-state index is 0.0439. The molecule has 2 N–H and O–H groups in total. The van der Waals surface area contributed by atoms with Crippen molar-refractivity contribution in [3.63, 3.8) is 0 Å². The Balaban J connectivity index is 1.64. The normalized spacial score (nSPS) is 11.9. The molecule has 0 aromatic heterocycles. The molecule has 41 heavy (non-hydrogen) atoms. The van der Waals surface area contributed by atoms with Crippen molar-refractivity contribution >= 4 is 27.5 Å². The minimum Gasteiger partial charge on any atom is -0.484 e. The van der Waals surface area contributed by atoms with Gasteiger partial charge in [0.25, 0.3) is 15.9 Å². The largest absolute Gasteiger partial charge is 0.484 e. The van der Waals surface area contributed by atoms with E-state index in [1.54, 1.807) is 6.92 Å². The van der Waals surface area contributed by atoms with Gasteiger partial charge in [-0.2, -0.15) is 0 Å². The first-order chi connectivity index (χ1) is 19.6. The zero-order valence-corrected chi connectivity index (χ0v) is 23.6. The lowest BCUT2D eigenvalue weighted by Crippen LogP contribution is -2.49. The minimum atomic E-state index is -3.94. The lowest BCUT2D eigenvalue weighted by Gasteiger charge is -2.28. The van der Waals surface area contributed by atoms with Gasteiger partial charge in [0.1, 0.15) is 23.4 Å². The predicted molar refractivity (Wildman–Crippen MR) is 150 cm³/mol. The van der Waals surface area contributed by atoms with Gasteiger partial charge in [-0.05, 0) is 86.5 Å². The molecular weight excluding hydrogens is 556 g/mol. The summed E-state index contributed by atoms with van der Waals surface area (Å²) in [5.41, 5.74) is 0.824. The molecular formula is C29H33F2N3O6S. The highest BCUT2D eigenvalue weighted by molar-refractivity contribution is 7.92. The Bertz CT molecular complexity index is 1390. The second-order valence-electron chi connectivity index (χ2n) is 9.04. The molecule has 0 spiro atoms. The monoisotopic (exact) mass is 589 g/mol. The molecule has 1 unspecified atom stereocenters. The van der Waals surface area contributed by atoms with E-state index in [0.29, 0.717) is 31.7 Å². The molecule has 3 aromatic rings. The molecule has 0 fully saturated rings. The molecule has 2 amide bonds. The summed E-state index contributed by atoms with van der Waals surface area (Å²) in [6.07, 6.45) is 0.618. The maximum absolute atomic E-state index is 13.4. The van der Waals surface area contributed by atoms with E-state index in [9.17, 15) is 26.8 Å². The van der Waals surface area contributed by atoms with E-state index in [0.717, 1.165) is 12.1 Å². The molecule has 0 bridgehead atoms. The Morgan fingerprint density at radius 2 is 1.54 bits per heavy atom. The Morgan fingerprint density at radius 1 is 0.927 bits per heavy atom. The van der Waals surface area contributed by atoms with E-state index < -0.39 is 40.2 Å². The zero-order valence-electron chi connectivity index (χ0n) is 22.8. The van der Waals surface area contributed by atoms with Gasteiger partial charge in [-0.3, -0.25) is 14.3 Å². The Kier molecular flexibility index (Phi) is 11.6. The third-order valence-corrected chi connectivity index (χ3v) is 7.39. The molecule has 0 heterocycles. The summed E-state index contributed by atoms with van der Waals surface area (Å²) in [7, 11) is -3.94. The Morgan fingerprint density at radius 3 is 2.15 bits per heavy atom. The number of hydrogen-bond donors (Lipinski definition) is 2. The van der Waals surface area contributed by atoms with Crippen molar-refractivity contribution in [3.05, 3.63) is 90.0 Å². The van der Waals surface area contributed by atoms with Gasteiger partial charge in [0.2, 0.25) is 5.91 Å². The maximum Gasteiger partial charge on any atom is 0.261 e. The average molecular weight is 590 g/mol. The molecule has 220 valence electrons. The number of rotatable bonds is 15. The van der Waals surface area contributed by atoms with Crippen LogP contribution in [0.4, 0.5) is 14.5 Å². The van der Waals surface area contributed by atoms with Crippen LogP contribution in [0, 0.1) is 11.6 Å². The number of carbonyl (C=O) groups excluding carboxylic acids is 2. The van der Waals surface area contributed by atoms with Gasteiger partial charge in [-0.25, -0.2) is 17.2 Å². The fourth-order valence-electron chi connectivity index (χ4n) is 3.72. The lowest BCUT2D eigenvalue weighted by molar-refractivity contribution is -0.142. The second-order valence-corrected chi connectivity index (χ2v) is 10.7. The van der Waals surface area contributed by atoms with E-state index in [-0.39, 0.29) is 28.8 Å². The van der Waals surface area contributed by atoms with Crippen LogP contribution in [0.5, 0.6) is 5.75 Å². The first-order valence-corrected chi connectivity index (χ1v) is 14.5. The second kappa shape index (κ2) is 15.1. The molecule has 3 aromatic carbocycles. The van der Waals surface area contributed by atoms with E-state index in [1.807, 2.05) is 6.92 Å². The fraction of sp³-hybridized carbons (Fsp3) is 0.310. The predicted octanol–water partition coefficient (Wildman–Crippen LogP) is 4.10. The van der Waals surface area contributed by atoms with Crippen LogP contribution < -0.4 is 14.8 Å². The molecule has 12 heteroatoms. The molecule has 3 rings (SSSR count). The van der Waals surface area contributed by atoms with Gasteiger partial charge < -0.3 is 19.7 Å². The topological polar surface area (TPSA) is 114 Å². The van der Waals surface area contributed by atoms with Crippen LogP contribution in [0.3, 0.4) is 0 Å². The van der Waals surface area contributed by atoms with Crippen molar-refractivity contribution in [2.75, 3.05) is 31.1 Å². The summed E-state index contributed by atoms with van der Waals surface area (Å²) in [5, 5.41) is 2.79. The van der Waals surface area contributed by atoms with Crippen LogP contribution in [-0.4, -0.2) is 57.5 Å². The fourth-order valence-corrected chi connectivity index (χ4v) is 4.78. The summed E-state index contributed by atoms with van der Waals surface area (Å²) < 4.78 is 65.0. The number of benzene rings is 3. The van der Waals surface area contributed by atoms with Gasteiger partial charge in [0, 0.05) is 32.0 Å². The van der Waals surface area contributed by atoms with Crippen molar-refractivity contribution < 1.29 is 36.3 Å². The van der Waals surface area contributed by atoms with Crippen molar-refractivity contribution in [1.82, 2.24) is 10.2 Å². The zero-order chi connectivity index (χ0) is 29.8. The van der Waals surface area contributed by atoms with Crippen molar-refractivity contribution in [3.8, 4) is 5.75 Å². The van der Waals surface area contributed by atoms with Crippen molar-refractivity contribution in [2.24, 2.45) is 0 Å². The maximum atomic E-state index is 13.4. The number of carbonyl (C=O) groups is 2. The quantitative estimate of drug-likeness (QED) is 0.258. The molecule has 0 radical (unpaired) electrons. The molecule has 0 saturated carbocycles. The SMILES string of the molecule is CCOCCCNC(=O)C(C)N(Cc1ccc(F)cc1)C(=O)COc1ccc(S(=O)(=O)Nc2ccc(F)cc2)cc1. The first kappa shape index (κ1) is 31.5. The summed E-state index contributed by atoms with van der Waals surface area (Å²) >= 11 is 0. The number of hydrogen-bond acceptors (Lipinski definition) is 6. The van der Waals surface area contributed by atoms with Crippen LogP contribution in [0.2, 0.25) is 0 Å². The first-order valence-electron chi connectivity index (χ1n) is 13.0. The van der Waals surface area contributed by atoms with Gasteiger partial charge in [-0.1, -0.05) is 12.1 Å². The Labute approximate surface area is 238 Å². The molecule has 1 atom stereocenters. The molecule has 0 saturated heterocycles. The summed E-state index contributed by atoms with van der Waals surface area (Å²) in [4.78, 5) is 27.3. The van der Waals surface area contributed by atoms with Gasteiger partial charge >= 0.3 is 0 Å². The number of amides is 2. The van der Waals surface area contributed by atoms with E-state index in [1.165, 1.54) is 65.6 Å². The molecule has 9 nitrogen and oxygen atoms in total. The van der Waals surface area contributed by atoms with Gasteiger partial charge in [0.15, 0.2) is 6.61 Å². The third-order valence-electron chi connectivity index (χ3n) is 6.00. The highest BCUT2D eigenvalue weighted by Crippen LogP contribution is 2.20. The van der Waals surface area contributed by atoms with E-state index in [4.69, 9.17) is 9.47 Å². The van der Waals surface area contributed by atoms with Crippen LogP contribution in [-0.2, 0) is 30.9 Å². The number of halogens is 2. The number of ether oxygens (including phenoxy) is 2. The summed E-state index contributed by atoms with van der Waals surface area (Å²) in [6, 6.07) is 15.0. The van der Waals surface area contributed by atoms with Crippen LogP contribution >= 0.6 is 0 Å².